The van der Waals surface area contributed by atoms with E-state index in [4.69, 9.17) is 7.85 Å². The molecule has 0 aliphatic heterocycles. The fourth-order valence-electron chi connectivity index (χ4n) is 2.79. The van der Waals surface area contributed by atoms with Gasteiger partial charge in [-0.15, -0.1) is 0 Å². The van der Waals surface area contributed by atoms with Gasteiger partial charge in [0, 0.05) is 5.50 Å². The highest BCUT2D eigenvalue weighted by Gasteiger charge is 2.38. The van der Waals surface area contributed by atoms with Crippen LogP contribution in [0.3, 0.4) is 0 Å². The Morgan fingerprint density at radius 2 is 1.83 bits per heavy atom. The van der Waals surface area contributed by atoms with Crippen LogP contribution in [0.25, 0.3) is 0 Å². The first-order valence-corrected chi connectivity index (χ1v) is 5.07. The molecule has 2 unspecified atom stereocenters. The minimum absolute atomic E-state index is 0.343. The molecule has 3 fully saturated rings. The predicted molar refractivity (Wildman–Crippen MR) is 49.9 cm³/mol. The Kier molecular flexibility index (Phi) is 1.98. The van der Waals surface area contributed by atoms with E-state index in [0.29, 0.717) is 5.92 Å². The summed E-state index contributed by atoms with van der Waals surface area (Å²) >= 11 is 0. The highest BCUT2D eigenvalue weighted by atomic mass is 16.3. The van der Waals surface area contributed by atoms with Crippen LogP contribution in [0.5, 0.6) is 0 Å². The summed E-state index contributed by atoms with van der Waals surface area (Å²) < 4.78 is 0. The van der Waals surface area contributed by atoms with Gasteiger partial charge in [-0.2, -0.15) is 0 Å². The molecule has 12 heavy (non-hydrogen) atoms. The lowest BCUT2D eigenvalue weighted by molar-refractivity contribution is 0.0641. The molecule has 0 amide bonds. The number of fused-ring (bicyclic) bond motifs is 3. The van der Waals surface area contributed by atoms with Gasteiger partial charge in [-0.25, -0.2) is 0 Å². The quantitative estimate of drug-likeness (QED) is 0.584. The normalized spacial score (nSPS) is 45.7. The third-order valence-electron chi connectivity index (χ3n) is 3.70. The van der Waals surface area contributed by atoms with Crippen molar-refractivity contribution in [1.29, 1.82) is 0 Å². The first-order valence-electron chi connectivity index (χ1n) is 5.07. The molecule has 1 nitrogen and oxygen atoms in total. The highest BCUT2D eigenvalue weighted by Crippen LogP contribution is 2.47. The summed E-state index contributed by atoms with van der Waals surface area (Å²) in [5, 5.41) is 9.68. The van der Waals surface area contributed by atoms with Crippen molar-refractivity contribution in [3.8, 4) is 0 Å². The lowest BCUT2D eigenvalue weighted by Gasteiger charge is -2.34. The second kappa shape index (κ2) is 2.76. The zero-order valence-corrected chi connectivity index (χ0v) is 7.79. The zero-order valence-electron chi connectivity index (χ0n) is 7.79. The van der Waals surface area contributed by atoms with Crippen LogP contribution in [-0.2, 0) is 0 Å². The summed E-state index contributed by atoms with van der Waals surface area (Å²) in [6, 6.07) is 0. The van der Waals surface area contributed by atoms with Crippen molar-refractivity contribution >= 4 is 7.85 Å². The number of hydrogen-bond acceptors (Lipinski definition) is 1. The van der Waals surface area contributed by atoms with E-state index in [2.05, 4.69) is 0 Å². The lowest BCUT2D eigenvalue weighted by atomic mass is 9.68. The highest BCUT2D eigenvalue weighted by molar-refractivity contribution is 6.14. The maximum absolute atomic E-state index is 9.68. The van der Waals surface area contributed by atoms with Crippen molar-refractivity contribution in [1.82, 2.24) is 0 Å². The first kappa shape index (κ1) is 8.62. The summed E-state index contributed by atoms with van der Waals surface area (Å²) in [5.74, 6) is 2.18. The smallest absolute Gasteiger partial charge is 0.113 e. The second-order valence-corrected chi connectivity index (χ2v) is 4.94. The molecule has 0 aromatic rings. The Morgan fingerprint density at radius 1 is 1.17 bits per heavy atom. The molecule has 66 valence electrons. The van der Waals surface area contributed by atoms with E-state index < -0.39 is 5.50 Å². The van der Waals surface area contributed by atoms with Crippen molar-refractivity contribution in [3.05, 3.63) is 0 Å². The average molecular weight is 164 g/mol. The summed E-state index contributed by atoms with van der Waals surface area (Å²) in [7, 11) is 5.72. The van der Waals surface area contributed by atoms with Crippen molar-refractivity contribution in [2.45, 2.75) is 44.5 Å². The molecular weight excluding hydrogens is 147 g/mol. The van der Waals surface area contributed by atoms with Gasteiger partial charge in [0.05, 0.1) is 0 Å². The van der Waals surface area contributed by atoms with Gasteiger partial charge in [-0.3, -0.25) is 0 Å². The third-order valence-corrected chi connectivity index (χ3v) is 3.70. The van der Waals surface area contributed by atoms with Gasteiger partial charge in [0.15, 0.2) is 0 Å². The molecule has 3 saturated carbocycles. The molecule has 0 spiro atoms. The molecule has 3 rings (SSSR count). The van der Waals surface area contributed by atoms with Gasteiger partial charge in [0.25, 0.3) is 0 Å². The summed E-state index contributed by atoms with van der Waals surface area (Å²) in [6.07, 6.45) is 6.36. The van der Waals surface area contributed by atoms with Gasteiger partial charge in [0.2, 0.25) is 0 Å². The predicted octanol–water partition coefficient (Wildman–Crippen LogP) is 1.69. The molecule has 3 aliphatic carbocycles. The molecule has 0 aromatic carbocycles. The van der Waals surface area contributed by atoms with Crippen molar-refractivity contribution in [2.24, 2.45) is 17.8 Å². The molecule has 0 heterocycles. The SMILES string of the molecule is [B]C(C)(O)C1CCC2CC(C2)C1. The Labute approximate surface area is 76.0 Å². The van der Waals surface area contributed by atoms with E-state index in [-0.39, 0.29) is 0 Å². The zero-order chi connectivity index (χ0) is 8.77. The van der Waals surface area contributed by atoms with Crippen molar-refractivity contribution in [2.75, 3.05) is 0 Å². The average Bonchev–Trinajstić information content (AvgIpc) is 2.11. The number of hydrogen-bond donors (Lipinski definition) is 1. The lowest BCUT2D eigenvalue weighted by Crippen LogP contribution is -2.35. The van der Waals surface area contributed by atoms with Gasteiger partial charge < -0.3 is 5.11 Å². The first-order chi connectivity index (χ1) is 5.55. The summed E-state index contributed by atoms with van der Waals surface area (Å²) in [5.41, 5.74) is -0.933. The van der Waals surface area contributed by atoms with E-state index in [1.165, 1.54) is 19.3 Å². The largest absolute Gasteiger partial charge is 0.400 e. The number of rotatable bonds is 1. The Bertz CT molecular complexity index is 167. The van der Waals surface area contributed by atoms with Crippen LogP contribution in [-0.4, -0.2) is 18.5 Å². The molecule has 2 heteroatoms. The van der Waals surface area contributed by atoms with Crippen LogP contribution in [0.4, 0.5) is 0 Å². The minimum atomic E-state index is -0.933. The minimum Gasteiger partial charge on any atom is -0.400 e. The molecule has 2 atom stereocenters. The van der Waals surface area contributed by atoms with E-state index in [1.807, 2.05) is 0 Å². The summed E-state index contributed by atoms with van der Waals surface area (Å²) in [4.78, 5) is 0. The van der Waals surface area contributed by atoms with E-state index in [1.54, 1.807) is 6.92 Å². The molecule has 0 saturated heterocycles. The maximum Gasteiger partial charge on any atom is 0.113 e. The monoisotopic (exact) mass is 164 g/mol. The van der Waals surface area contributed by atoms with Crippen molar-refractivity contribution in [3.63, 3.8) is 0 Å². The van der Waals surface area contributed by atoms with E-state index >= 15 is 0 Å². The third kappa shape index (κ3) is 1.54. The van der Waals surface area contributed by atoms with E-state index in [9.17, 15) is 5.11 Å². The molecule has 2 radical (unpaired) electrons. The van der Waals surface area contributed by atoms with E-state index in [0.717, 1.165) is 24.7 Å². The fraction of sp³-hybridized carbons (Fsp3) is 1.00. The molecule has 2 bridgehead atoms. The van der Waals surface area contributed by atoms with Gasteiger partial charge in [-0.1, -0.05) is 6.42 Å². The van der Waals surface area contributed by atoms with Gasteiger partial charge in [0.1, 0.15) is 7.85 Å². The van der Waals surface area contributed by atoms with Crippen LogP contribution in [0, 0.1) is 17.8 Å². The van der Waals surface area contributed by atoms with Crippen LogP contribution in [0.2, 0.25) is 0 Å². The second-order valence-electron chi connectivity index (χ2n) is 4.94. The topological polar surface area (TPSA) is 20.2 Å². The maximum atomic E-state index is 9.68. The Balaban J connectivity index is 1.99. The standard InChI is InChI=1S/C10H17BO/c1-10(11,12)9-3-2-7-4-8(5-7)6-9/h7-9,12H,2-6H2,1H3. The summed E-state index contributed by atoms with van der Waals surface area (Å²) in [6.45, 7) is 1.75. The Hall–Kier alpha value is 0.0249. The number of aliphatic hydroxyl groups is 1. The fourth-order valence-corrected chi connectivity index (χ4v) is 2.79. The molecule has 3 aliphatic rings. The van der Waals surface area contributed by atoms with Crippen LogP contribution in [0.15, 0.2) is 0 Å². The van der Waals surface area contributed by atoms with Gasteiger partial charge in [-0.05, 0) is 50.4 Å². The van der Waals surface area contributed by atoms with Gasteiger partial charge >= 0.3 is 0 Å². The Morgan fingerprint density at radius 3 is 2.42 bits per heavy atom. The molecular formula is C10H17BO. The van der Waals surface area contributed by atoms with Crippen molar-refractivity contribution < 1.29 is 5.11 Å². The molecule has 0 aromatic heterocycles. The van der Waals surface area contributed by atoms with Crippen LogP contribution in [0.1, 0.15) is 39.0 Å². The molecule has 1 N–H and O–H groups in total. The van der Waals surface area contributed by atoms with Crippen LogP contribution >= 0.6 is 0 Å². The van der Waals surface area contributed by atoms with Crippen LogP contribution < -0.4 is 0 Å².